The highest BCUT2D eigenvalue weighted by Crippen LogP contribution is 2.58. The summed E-state index contributed by atoms with van der Waals surface area (Å²) in [5.41, 5.74) is -0.265. The molecule has 0 aromatic heterocycles. The predicted molar refractivity (Wildman–Crippen MR) is 64.5 cm³/mol. The fourth-order valence-electron chi connectivity index (χ4n) is 3.72. The molecule has 0 spiro atoms. The lowest BCUT2D eigenvalue weighted by Crippen LogP contribution is -2.48. The SMILES string of the molecule is CC1(C)C(C2(CC(=O)O)CCC2)CCS1(=O)=O. The molecule has 2 rings (SSSR count). The molecule has 1 heterocycles. The van der Waals surface area contributed by atoms with Gasteiger partial charge in [0.1, 0.15) is 0 Å². The summed E-state index contributed by atoms with van der Waals surface area (Å²) < 4.78 is 23.3. The summed E-state index contributed by atoms with van der Waals surface area (Å²) in [6, 6.07) is 0. The van der Waals surface area contributed by atoms with Crippen molar-refractivity contribution in [2.24, 2.45) is 11.3 Å². The van der Waals surface area contributed by atoms with Crippen LogP contribution in [0.15, 0.2) is 0 Å². The number of carboxylic acid groups (broad SMARTS) is 1. The van der Waals surface area contributed by atoms with Gasteiger partial charge in [-0.25, -0.2) is 8.42 Å². The molecule has 2 aliphatic rings. The fraction of sp³-hybridized carbons (Fsp3) is 0.917. The summed E-state index contributed by atoms with van der Waals surface area (Å²) in [7, 11) is -3.06. The lowest BCUT2D eigenvalue weighted by atomic mass is 9.56. The molecule has 1 N–H and O–H groups in total. The Labute approximate surface area is 102 Å². The van der Waals surface area contributed by atoms with Crippen molar-refractivity contribution in [1.29, 1.82) is 0 Å². The molecule has 17 heavy (non-hydrogen) atoms. The van der Waals surface area contributed by atoms with E-state index in [2.05, 4.69) is 0 Å². The highest BCUT2D eigenvalue weighted by atomic mass is 32.2. The molecule has 0 amide bonds. The van der Waals surface area contributed by atoms with Gasteiger partial charge in [0.25, 0.3) is 0 Å². The molecule has 5 heteroatoms. The topological polar surface area (TPSA) is 71.4 Å². The average Bonchev–Trinajstić information content (AvgIpc) is 2.31. The Kier molecular flexibility index (Phi) is 2.80. The number of hydrogen-bond donors (Lipinski definition) is 1. The van der Waals surface area contributed by atoms with Crippen LogP contribution in [0.1, 0.15) is 46.0 Å². The first-order valence-corrected chi connectivity index (χ1v) is 7.81. The van der Waals surface area contributed by atoms with Gasteiger partial charge in [0, 0.05) is 0 Å². The van der Waals surface area contributed by atoms with E-state index in [1.807, 2.05) is 0 Å². The lowest BCUT2D eigenvalue weighted by Gasteiger charge is -2.49. The molecule has 98 valence electrons. The normalized spacial score (nSPS) is 32.9. The van der Waals surface area contributed by atoms with Crippen LogP contribution in [0.2, 0.25) is 0 Å². The quantitative estimate of drug-likeness (QED) is 0.840. The number of rotatable bonds is 3. The Balaban J connectivity index is 2.31. The zero-order chi connectivity index (χ0) is 12.9. The largest absolute Gasteiger partial charge is 0.481 e. The van der Waals surface area contributed by atoms with Crippen molar-refractivity contribution in [1.82, 2.24) is 0 Å². The van der Waals surface area contributed by atoms with Crippen LogP contribution in [-0.2, 0) is 14.6 Å². The molecule has 0 aromatic rings. The van der Waals surface area contributed by atoms with Crippen molar-refractivity contribution in [3.8, 4) is 0 Å². The molecule has 4 nitrogen and oxygen atoms in total. The van der Waals surface area contributed by atoms with Crippen molar-refractivity contribution in [3.05, 3.63) is 0 Å². The van der Waals surface area contributed by atoms with E-state index in [0.717, 1.165) is 19.3 Å². The number of carboxylic acids is 1. The van der Waals surface area contributed by atoms with Crippen LogP contribution >= 0.6 is 0 Å². The highest BCUT2D eigenvalue weighted by molar-refractivity contribution is 7.93. The standard InChI is InChI=1S/C12H20O4S/c1-11(2)9(4-7-17(11,15)16)12(5-3-6-12)8-10(13)14/h9H,3-8H2,1-2H3,(H,13,14). The number of sulfone groups is 1. The minimum atomic E-state index is -3.06. The minimum absolute atomic E-state index is 0.00449. The fourth-order valence-corrected chi connectivity index (χ4v) is 5.60. The van der Waals surface area contributed by atoms with Gasteiger partial charge in [0.05, 0.1) is 16.9 Å². The monoisotopic (exact) mass is 260 g/mol. The molecule has 1 aliphatic carbocycles. The number of aliphatic carboxylic acids is 1. The molecule has 1 aliphatic heterocycles. The number of hydrogen-bond acceptors (Lipinski definition) is 3. The Bertz CT molecular complexity index is 431. The van der Waals surface area contributed by atoms with Crippen LogP contribution in [0.5, 0.6) is 0 Å². The molecule has 0 aromatic carbocycles. The Hall–Kier alpha value is -0.580. The molecule has 0 radical (unpaired) electrons. The average molecular weight is 260 g/mol. The van der Waals surface area contributed by atoms with Gasteiger partial charge in [0.15, 0.2) is 9.84 Å². The summed E-state index contributed by atoms with van der Waals surface area (Å²) in [6.45, 7) is 3.53. The van der Waals surface area contributed by atoms with Gasteiger partial charge in [-0.1, -0.05) is 6.42 Å². The maximum Gasteiger partial charge on any atom is 0.303 e. The second-order valence-corrected chi connectivity index (χ2v) is 8.74. The van der Waals surface area contributed by atoms with Crippen LogP contribution in [0.4, 0.5) is 0 Å². The van der Waals surface area contributed by atoms with Gasteiger partial charge in [-0.15, -0.1) is 0 Å². The Morgan fingerprint density at radius 1 is 1.35 bits per heavy atom. The van der Waals surface area contributed by atoms with E-state index in [-0.39, 0.29) is 23.5 Å². The third kappa shape index (κ3) is 1.79. The number of carbonyl (C=O) groups is 1. The molecular weight excluding hydrogens is 240 g/mol. The minimum Gasteiger partial charge on any atom is -0.481 e. The van der Waals surface area contributed by atoms with Crippen LogP contribution in [-0.4, -0.2) is 30.0 Å². The lowest BCUT2D eigenvalue weighted by molar-refractivity contribution is -0.143. The van der Waals surface area contributed by atoms with Gasteiger partial charge in [-0.2, -0.15) is 0 Å². The summed E-state index contributed by atoms with van der Waals surface area (Å²) in [4.78, 5) is 11.0. The zero-order valence-electron chi connectivity index (χ0n) is 10.4. The third-order valence-electron chi connectivity index (χ3n) is 4.91. The molecule has 0 bridgehead atoms. The summed E-state index contributed by atoms with van der Waals surface area (Å²) in [5.74, 6) is -0.582. The maximum atomic E-state index is 12.0. The van der Waals surface area contributed by atoms with Gasteiger partial charge >= 0.3 is 5.97 Å². The van der Waals surface area contributed by atoms with E-state index in [1.165, 1.54) is 0 Å². The van der Waals surface area contributed by atoms with E-state index >= 15 is 0 Å². The molecule has 1 saturated heterocycles. The molecule has 1 atom stereocenters. The van der Waals surface area contributed by atoms with E-state index < -0.39 is 20.6 Å². The maximum absolute atomic E-state index is 12.0. The molecule has 1 saturated carbocycles. The Morgan fingerprint density at radius 2 is 1.94 bits per heavy atom. The van der Waals surface area contributed by atoms with Gasteiger partial charge in [-0.05, 0) is 44.4 Å². The summed E-state index contributed by atoms with van der Waals surface area (Å²) in [5, 5.41) is 9.03. The van der Waals surface area contributed by atoms with Gasteiger partial charge < -0.3 is 5.11 Å². The van der Waals surface area contributed by atoms with E-state index in [1.54, 1.807) is 13.8 Å². The van der Waals surface area contributed by atoms with E-state index in [4.69, 9.17) is 5.11 Å². The summed E-state index contributed by atoms with van der Waals surface area (Å²) >= 11 is 0. The Morgan fingerprint density at radius 3 is 2.24 bits per heavy atom. The smallest absolute Gasteiger partial charge is 0.303 e. The van der Waals surface area contributed by atoms with Gasteiger partial charge in [-0.3, -0.25) is 4.79 Å². The second-order valence-electron chi connectivity index (χ2n) is 6.05. The van der Waals surface area contributed by atoms with Crippen molar-refractivity contribution in [3.63, 3.8) is 0 Å². The second kappa shape index (κ2) is 3.70. The highest BCUT2D eigenvalue weighted by Gasteiger charge is 2.58. The summed E-state index contributed by atoms with van der Waals surface area (Å²) in [6.07, 6.45) is 3.50. The van der Waals surface area contributed by atoms with Crippen molar-refractivity contribution in [2.75, 3.05) is 5.75 Å². The molecular formula is C12H20O4S. The third-order valence-corrected chi connectivity index (χ3v) is 7.57. The zero-order valence-corrected chi connectivity index (χ0v) is 11.2. The van der Waals surface area contributed by atoms with Gasteiger partial charge in [0.2, 0.25) is 0 Å². The van der Waals surface area contributed by atoms with E-state index in [9.17, 15) is 13.2 Å². The van der Waals surface area contributed by atoms with Crippen LogP contribution in [0, 0.1) is 11.3 Å². The van der Waals surface area contributed by atoms with Crippen molar-refractivity contribution in [2.45, 2.75) is 50.7 Å². The van der Waals surface area contributed by atoms with Crippen molar-refractivity contribution >= 4 is 15.8 Å². The van der Waals surface area contributed by atoms with Crippen LogP contribution in [0.3, 0.4) is 0 Å². The van der Waals surface area contributed by atoms with Crippen LogP contribution in [0.25, 0.3) is 0 Å². The first-order chi connectivity index (χ1) is 7.71. The molecule has 1 unspecified atom stereocenters. The van der Waals surface area contributed by atoms with Crippen molar-refractivity contribution < 1.29 is 18.3 Å². The van der Waals surface area contributed by atoms with Crippen LogP contribution < -0.4 is 0 Å². The molecule has 2 fully saturated rings. The first-order valence-electron chi connectivity index (χ1n) is 6.15. The predicted octanol–water partition coefficient (Wildman–Crippen LogP) is 1.84. The van der Waals surface area contributed by atoms with E-state index in [0.29, 0.717) is 6.42 Å². The first kappa shape index (κ1) is 12.9.